The fourth-order valence-corrected chi connectivity index (χ4v) is 13.6. The van der Waals surface area contributed by atoms with Gasteiger partial charge in [-0.1, -0.05) is 176 Å². The third kappa shape index (κ3) is 4.35. The lowest BCUT2D eigenvalue weighted by Crippen LogP contribution is -2.75. The smallest absolute Gasteiger partial charge is 0.181 e. The Balaban J connectivity index is 1.44. The van der Waals surface area contributed by atoms with E-state index in [1.807, 2.05) is 0 Å². The summed E-state index contributed by atoms with van der Waals surface area (Å²) in [6.07, 6.45) is 0. The van der Waals surface area contributed by atoms with Crippen LogP contribution in [-0.2, 0) is 0 Å². The Bertz CT molecular complexity index is 2740. The quantitative estimate of drug-likeness (QED) is 0.124. The number of benzene rings is 8. The van der Waals surface area contributed by atoms with Gasteiger partial charge in [0.1, 0.15) is 0 Å². The van der Waals surface area contributed by atoms with Gasteiger partial charge in [0.15, 0.2) is 8.07 Å². The van der Waals surface area contributed by atoms with Crippen molar-refractivity contribution in [1.29, 1.82) is 0 Å². The second kappa shape index (κ2) is 11.9. The van der Waals surface area contributed by atoms with Crippen molar-refractivity contribution in [2.45, 2.75) is 0 Å². The van der Waals surface area contributed by atoms with Crippen molar-refractivity contribution in [1.82, 2.24) is 9.13 Å². The van der Waals surface area contributed by atoms with Gasteiger partial charge in [-0.25, -0.2) is 0 Å². The Labute approximate surface area is 298 Å². The summed E-state index contributed by atoms with van der Waals surface area (Å²) in [6, 6.07) is 76.2. The zero-order valence-electron chi connectivity index (χ0n) is 28.0. The predicted molar refractivity (Wildman–Crippen MR) is 219 cm³/mol. The maximum Gasteiger partial charge on any atom is 0.181 e. The van der Waals surface area contributed by atoms with E-state index in [9.17, 15) is 0 Å². The van der Waals surface area contributed by atoms with Gasteiger partial charge in [-0.2, -0.15) is 0 Å². The minimum absolute atomic E-state index is 1.15. The molecule has 0 aliphatic carbocycles. The van der Waals surface area contributed by atoms with Crippen molar-refractivity contribution in [2.24, 2.45) is 0 Å². The number of hydrogen-bond acceptors (Lipinski definition) is 0. The normalized spacial score (nSPS) is 11.9. The third-order valence-corrected chi connectivity index (χ3v) is 15.5. The zero-order valence-corrected chi connectivity index (χ0v) is 29.0. The van der Waals surface area contributed by atoms with Gasteiger partial charge in [0.25, 0.3) is 0 Å². The lowest BCUT2D eigenvalue weighted by Gasteiger charge is -2.35. The number of para-hydroxylation sites is 5. The number of fused-ring (bicyclic) bond motifs is 6. The first-order chi connectivity index (χ1) is 25.4. The van der Waals surface area contributed by atoms with E-state index in [1.54, 1.807) is 0 Å². The molecular formula is C48H34N2Si. The van der Waals surface area contributed by atoms with Gasteiger partial charge in [-0.15, -0.1) is 0 Å². The fourth-order valence-electron chi connectivity index (χ4n) is 8.63. The maximum absolute atomic E-state index is 2.90. The Morgan fingerprint density at radius 1 is 0.294 bits per heavy atom. The Morgan fingerprint density at radius 3 is 1.25 bits per heavy atom. The molecule has 240 valence electrons. The summed E-state index contributed by atoms with van der Waals surface area (Å²) in [6.45, 7) is 0. The molecule has 2 aromatic heterocycles. The molecule has 0 spiro atoms. The van der Waals surface area contributed by atoms with Crippen molar-refractivity contribution >= 4 is 72.4 Å². The molecular weight excluding hydrogens is 633 g/mol. The van der Waals surface area contributed by atoms with Crippen LogP contribution in [0.4, 0.5) is 0 Å². The number of aromatic nitrogens is 2. The largest absolute Gasteiger partial charge is 0.307 e. The number of hydrogen-bond donors (Lipinski definition) is 0. The summed E-state index contributed by atoms with van der Waals surface area (Å²) in [5.41, 5.74) is 7.19. The van der Waals surface area contributed by atoms with Crippen molar-refractivity contribution in [3.63, 3.8) is 0 Å². The van der Waals surface area contributed by atoms with Crippen LogP contribution in [0.2, 0.25) is 0 Å². The van der Waals surface area contributed by atoms with Crippen molar-refractivity contribution in [3.8, 4) is 11.4 Å². The molecule has 0 radical (unpaired) electrons. The Hall–Kier alpha value is -6.42. The summed E-state index contributed by atoms with van der Waals surface area (Å²) in [7, 11) is -2.90. The van der Waals surface area contributed by atoms with Crippen LogP contribution in [0.1, 0.15) is 0 Å². The van der Waals surface area contributed by atoms with Crippen LogP contribution >= 0.6 is 0 Å². The van der Waals surface area contributed by atoms with Crippen LogP contribution in [0.3, 0.4) is 0 Å². The highest BCUT2D eigenvalue weighted by Crippen LogP contribution is 2.39. The van der Waals surface area contributed by atoms with Crippen LogP contribution in [0.15, 0.2) is 206 Å². The van der Waals surface area contributed by atoms with Gasteiger partial charge in [-0.05, 0) is 51.1 Å². The van der Waals surface area contributed by atoms with Crippen LogP contribution in [0, 0.1) is 0 Å². The molecule has 0 saturated heterocycles. The van der Waals surface area contributed by atoms with Crippen LogP contribution in [-0.4, -0.2) is 17.2 Å². The van der Waals surface area contributed by atoms with E-state index in [0.717, 1.165) is 5.69 Å². The molecule has 10 aromatic rings. The second-order valence-electron chi connectivity index (χ2n) is 13.3. The van der Waals surface area contributed by atoms with Crippen molar-refractivity contribution in [2.75, 3.05) is 0 Å². The minimum atomic E-state index is -2.90. The van der Waals surface area contributed by atoms with Crippen LogP contribution in [0.5, 0.6) is 0 Å². The number of nitrogens with zero attached hydrogens (tertiary/aromatic N) is 2. The van der Waals surface area contributed by atoms with E-state index >= 15 is 0 Å². The minimum Gasteiger partial charge on any atom is -0.307 e. The molecule has 8 aromatic carbocycles. The van der Waals surface area contributed by atoms with E-state index in [-0.39, 0.29) is 0 Å². The van der Waals surface area contributed by atoms with E-state index in [1.165, 1.54) is 70.0 Å². The highest BCUT2D eigenvalue weighted by atomic mass is 28.3. The van der Waals surface area contributed by atoms with Gasteiger partial charge < -0.3 is 9.13 Å². The number of rotatable bonds is 6. The highest BCUT2D eigenvalue weighted by Gasteiger charge is 2.43. The molecule has 2 heterocycles. The molecule has 3 heteroatoms. The van der Waals surface area contributed by atoms with Crippen LogP contribution < -0.4 is 20.7 Å². The molecule has 0 atom stereocenters. The van der Waals surface area contributed by atoms with Gasteiger partial charge in [0, 0.05) is 27.2 Å². The third-order valence-electron chi connectivity index (χ3n) is 10.6. The molecule has 0 fully saturated rings. The molecule has 0 N–H and O–H groups in total. The van der Waals surface area contributed by atoms with Gasteiger partial charge in [-0.3, -0.25) is 0 Å². The highest BCUT2D eigenvalue weighted by molar-refractivity contribution is 7.20. The van der Waals surface area contributed by atoms with E-state index in [4.69, 9.17) is 0 Å². The van der Waals surface area contributed by atoms with Crippen LogP contribution in [0.25, 0.3) is 55.0 Å². The fraction of sp³-hybridized carbons (Fsp3) is 0. The van der Waals surface area contributed by atoms with E-state index in [2.05, 4.69) is 215 Å². The van der Waals surface area contributed by atoms with Crippen molar-refractivity contribution < 1.29 is 0 Å². The maximum atomic E-state index is 2.58. The predicted octanol–water partition coefficient (Wildman–Crippen LogP) is 9.26. The SMILES string of the molecule is c1ccc(-n2c3ccccc3c3cccc(-n4c5ccccc5c5cccc([Si](c6ccccc6)(c6ccccc6)c6ccccc6)c54)c32)cc1. The molecule has 0 amide bonds. The zero-order chi connectivity index (χ0) is 33.8. The summed E-state index contributed by atoms with van der Waals surface area (Å²) in [5.74, 6) is 0. The summed E-state index contributed by atoms with van der Waals surface area (Å²) < 4.78 is 5.04. The molecule has 0 saturated carbocycles. The Kier molecular flexibility index (Phi) is 6.86. The summed E-state index contributed by atoms with van der Waals surface area (Å²) >= 11 is 0. The Morgan fingerprint density at radius 2 is 0.706 bits per heavy atom. The van der Waals surface area contributed by atoms with E-state index < -0.39 is 8.07 Å². The standard InChI is InChI=1S/C48H34N2Si/c1-5-19-35(20-6-1)49-43-31-15-13-27-39(43)41-29-17-33-45(47(41)49)50-44-32-16-14-28-40(44)42-30-18-34-46(48(42)50)51(36-21-7-2-8-22-36,37-23-9-3-10-24-37)38-25-11-4-12-26-38/h1-34H. The molecule has 51 heavy (non-hydrogen) atoms. The molecule has 10 rings (SSSR count). The molecule has 0 unspecified atom stereocenters. The molecule has 2 nitrogen and oxygen atoms in total. The first kappa shape index (κ1) is 29.5. The monoisotopic (exact) mass is 666 g/mol. The molecule has 0 bridgehead atoms. The molecule has 0 aliphatic heterocycles. The first-order valence-electron chi connectivity index (χ1n) is 17.6. The van der Waals surface area contributed by atoms with Crippen molar-refractivity contribution in [3.05, 3.63) is 206 Å². The van der Waals surface area contributed by atoms with Gasteiger partial charge >= 0.3 is 0 Å². The first-order valence-corrected chi connectivity index (χ1v) is 19.6. The van der Waals surface area contributed by atoms with Gasteiger partial charge in [0.05, 0.1) is 27.8 Å². The van der Waals surface area contributed by atoms with Gasteiger partial charge in [0.2, 0.25) is 0 Å². The lowest BCUT2D eigenvalue weighted by atomic mass is 10.1. The molecule has 0 aliphatic rings. The summed E-state index contributed by atoms with van der Waals surface area (Å²) in [5, 5.41) is 10.5. The average Bonchev–Trinajstić information content (AvgIpc) is 3.74. The topological polar surface area (TPSA) is 9.86 Å². The second-order valence-corrected chi connectivity index (χ2v) is 17.0. The summed E-state index contributed by atoms with van der Waals surface area (Å²) in [4.78, 5) is 0. The average molecular weight is 667 g/mol. The van der Waals surface area contributed by atoms with E-state index in [0.29, 0.717) is 0 Å². The lowest BCUT2D eigenvalue weighted by molar-refractivity contribution is 1.13.